The highest BCUT2D eigenvalue weighted by Gasteiger charge is 2.31. The zero-order chi connectivity index (χ0) is 13.8. The van der Waals surface area contributed by atoms with Gasteiger partial charge in [0.2, 0.25) is 11.8 Å². The quantitative estimate of drug-likeness (QED) is 0.493. The van der Waals surface area contributed by atoms with Crippen LogP contribution in [-0.2, 0) is 9.59 Å². The van der Waals surface area contributed by atoms with E-state index in [9.17, 15) is 14.4 Å². The third kappa shape index (κ3) is 3.02. The fourth-order valence-electron chi connectivity index (χ4n) is 2.35. The standard InChI is InChI=1S/C11H19N5O3/c1-12-10(18)8-6-13-2-3-15(8)4-5-16-9(17)7-14-11(16)19/h8,13H,2-7H2,1H3,(H,12,18)(H,14,19). The molecule has 106 valence electrons. The number of imide groups is 1. The molecule has 2 fully saturated rings. The molecular weight excluding hydrogens is 250 g/mol. The lowest BCUT2D eigenvalue weighted by Gasteiger charge is -2.35. The fraction of sp³-hybridized carbons (Fsp3) is 0.727. The molecule has 2 aliphatic heterocycles. The first-order chi connectivity index (χ1) is 9.13. The predicted molar refractivity (Wildman–Crippen MR) is 67.4 cm³/mol. The summed E-state index contributed by atoms with van der Waals surface area (Å²) in [5.74, 6) is -0.263. The average molecular weight is 269 g/mol. The summed E-state index contributed by atoms with van der Waals surface area (Å²) in [6.07, 6.45) is 0. The lowest BCUT2D eigenvalue weighted by atomic mass is 10.1. The molecule has 0 radical (unpaired) electrons. The van der Waals surface area contributed by atoms with Crippen LogP contribution in [0.2, 0.25) is 0 Å². The van der Waals surface area contributed by atoms with Gasteiger partial charge in [-0.25, -0.2) is 4.79 Å². The van der Waals surface area contributed by atoms with E-state index in [0.717, 1.165) is 13.1 Å². The van der Waals surface area contributed by atoms with Crippen molar-refractivity contribution >= 4 is 17.8 Å². The number of amides is 4. The smallest absolute Gasteiger partial charge is 0.324 e. The molecular formula is C11H19N5O3. The molecule has 19 heavy (non-hydrogen) atoms. The minimum atomic E-state index is -0.350. The van der Waals surface area contributed by atoms with Crippen molar-refractivity contribution < 1.29 is 14.4 Å². The monoisotopic (exact) mass is 269 g/mol. The number of carbonyl (C=O) groups excluding carboxylic acids is 3. The van der Waals surface area contributed by atoms with Crippen LogP contribution in [0.3, 0.4) is 0 Å². The Morgan fingerprint density at radius 2 is 2.21 bits per heavy atom. The normalized spacial score (nSPS) is 24.5. The molecule has 1 atom stereocenters. The van der Waals surface area contributed by atoms with Crippen molar-refractivity contribution in [2.24, 2.45) is 0 Å². The van der Waals surface area contributed by atoms with E-state index in [-0.39, 0.29) is 30.4 Å². The second kappa shape index (κ2) is 5.98. The number of hydrogen-bond donors (Lipinski definition) is 3. The van der Waals surface area contributed by atoms with Crippen LogP contribution in [0.1, 0.15) is 0 Å². The summed E-state index contributed by atoms with van der Waals surface area (Å²) >= 11 is 0. The largest absolute Gasteiger partial charge is 0.358 e. The summed E-state index contributed by atoms with van der Waals surface area (Å²) in [7, 11) is 1.60. The average Bonchev–Trinajstić information content (AvgIpc) is 2.75. The molecule has 8 nitrogen and oxygen atoms in total. The maximum absolute atomic E-state index is 11.7. The topological polar surface area (TPSA) is 93.8 Å². The van der Waals surface area contributed by atoms with Crippen LogP contribution in [0, 0.1) is 0 Å². The van der Waals surface area contributed by atoms with Crippen LogP contribution in [0.15, 0.2) is 0 Å². The Labute approximate surface area is 111 Å². The molecule has 1 unspecified atom stereocenters. The van der Waals surface area contributed by atoms with E-state index in [0.29, 0.717) is 19.6 Å². The summed E-state index contributed by atoms with van der Waals surface area (Å²) in [5.41, 5.74) is 0. The Kier molecular flexibility index (Phi) is 4.33. The van der Waals surface area contributed by atoms with E-state index in [4.69, 9.17) is 0 Å². The van der Waals surface area contributed by atoms with Gasteiger partial charge >= 0.3 is 6.03 Å². The summed E-state index contributed by atoms with van der Waals surface area (Å²) in [6, 6.07) is -0.601. The molecule has 0 spiro atoms. The molecule has 2 aliphatic rings. The van der Waals surface area contributed by atoms with Gasteiger partial charge in [-0.3, -0.25) is 19.4 Å². The molecule has 8 heteroatoms. The molecule has 0 aliphatic carbocycles. The second-order valence-corrected chi connectivity index (χ2v) is 4.57. The van der Waals surface area contributed by atoms with E-state index in [2.05, 4.69) is 16.0 Å². The summed E-state index contributed by atoms with van der Waals surface area (Å²) in [6.45, 7) is 3.01. The Hall–Kier alpha value is -1.67. The van der Waals surface area contributed by atoms with Gasteiger partial charge in [0.1, 0.15) is 6.04 Å². The van der Waals surface area contributed by atoms with Crippen LogP contribution in [-0.4, -0.2) is 80.0 Å². The first kappa shape index (κ1) is 13.8. The highest BCUT2D eigenvalue weighted by molar-refractivity contribution is 6.01. The van der Waals surface area contributed by atoms with Crippen LogP contribution in [0.4, 0.5) is 4.79 Å². The van der Waals surface area contributed by atoms with Gasteiger partial charge in [0.05, 0.1) is 6.54 Å². The predicted octanol–water partition coefficient (Wildman–Crippen LogP) is -2.44. The number of likely N-dealkylation sites (N-methyl/N-ethyl adjacent to an activating group) is 1. The van der Waals surface area contributed by atoms with E-state index < -0.39 is 0 Å². The summed E-state index contributed by atoms with van der Waals surface area (Å²) in [4.78, 5) is 37.8. The molecule has 4 amide bonds. The van der Waals surface area contributed by atoms with Crippen molar-refractivity contribution in [3.8, 4) is 0 Å². The first-order valence-electron chi connectivity index (χ1n) is 6.38. The minimum absolute atomic E-state index is 0.0515. The number of rotatable bonds is 4. The van der Waals surface area contributed by atoms with Gasteiger partial charge < -0.3 is 16.0 Å². The number of hydrogen-bond acceptors (Lipinski definition) is 5. The van der Waals surface area contributed by atoms with E-state index in [1.165, 1.54) is 4.90 Å². The molecule has 0 aromatic rings. The van der Waals surface area contributed by atoms with Crippen LogP contribution < -0.4 is 16.0 Å². The van der Waals surface area contributed by atoms with E-state index in [1.807, 2.05) is 4.90 Å². The number of nitrogens with one attached hydrogen (secondary N) is 3. The van der Waals surface area contributed by atoms with Gasteiger partial charge in [-0.15, -0.1) is 0 Å². The molecule has 2 saturated heterocycles. The van der Waals surface area contributed by atoms with E-state index in [1.54, 1.807) is 7.05 Å². The third-order valence-corrected chi connectivity index (χ3v) is 3.45. The Morgan fingerprint density at radius 1 is 1.42 bits per heavy atom. The van der Waals surface area contributed by atoms with E-state index >= 15 is 0 Å². The maximum Gasteiger partial charge on any atom is 0.324 e. The lowest BCUT2D eigenvalue weighted by molar-refractivity contribution is -0.127. The molecule has 2 heterocycles. The van der Waals surface area contributed by atoms with Crippen LogP contribution in [0.25, 0.3) is 0 Å². The van der Waals surface area contributed by atoms with Crippen molar-refractivity contribution in [3.63, 3.8) is 0 Å². The maximum atomic E-state index is 11.7. The number of urea groups is 1. The molecule has 0 bridgehead atoms. The molecule has 0 saturated carbocycles. The Balaban J connectivity index is 1.91. The van der Waals surface area contributed by atoms with Gasteiger partial charge in [0.15, 0.2) is 0 Å². The fourth-order valence-corrected chi connectivity index (χ4v) is 2.35. The summed E-state index contributed by atoms with van der Waals surface area (Å²) in [5, 5.41) is 8.27. The zero-order valence-corrected chi connectivity index (χ0v) is 10.9. The van der Waals surface area contributed by atoms with Gasteiger partial charge in [-0.05, 0) is 0 Å². The van der Waals surface area contributed by atoms with Crippen molar-refractivity contribution in [3.05, 3.63) is 0 Å². The van der Waals surface area contributed by atoms with Crippen molar-refractivity contribution in [1.29, 1.82) is 0 Å². The third-order valence-electron chi connectivity index (χ3n) is 3.45. The second-order valence-electron chi connectivity index (χ2n) is 4.57. The zero-order valence-electron chi connectivity index (χ0n) is 10.9. The lowest BCUT2D eigenvalue weighted by Crippen LogP contribution is -2.58. The Bertz CT molecular complexity index is 371. The molecule has 0 aromatic heterocycles. The Morgan fingerprint density at radius 3 is 2.84 bits per heavy atom. The SMILES string of the molecule is CNC(=O)C1CNCCN1CCN1C(=O)CNC1=O. The molecule has 3 N–H and O–H groups in total. The number of piperazine rings is 1. The molecule has 0 aromatic carbocycles. The van der Waals surface area contributed by atoms with Crippen molar-refractivity contribution in [2.75, 3.05) is 46.3 Å². The van der Waals surface area contributed by atoms with Gasteiger partial charge in [0.25, 0.3) is 0 Å². The molecule has 2 rings (SSSR count). The minimum Gasteiger partial charge on any atom is -0.358 e. The summed E-state index contributed by atoms with van der Waals surface area (Å²) < 4.78 is 0. The number of carbonyl (C=O) groups is 3. The first-order valence-corrected chi connectivity index (χ1v) is 6.38. The van der Waals surface area contributed by atoms with Gasteiger partial charge in [-0.2, -0.15) is 0 Å². The van der Waals surface area contributed by atoms with Crippen molar-refractivity contribution in [2.45, 2.75) is 6.04 Å². The van der Waals surface area contributed by atoms with Crippen LogP contribution in [0.5, 0.6) is 0 Å². The highest BCUT2D eigenvalue weighted by atomic mass is 16.2. The van der Waals surface area contributed by atoms with Gasteiger partial charge in [-0.1, -0.05) is 0 Å². The van der Waals surface area contributed by atoms with Crippen LogP contribution >= 0.6 is 0 Å². The number of nitrogens with zero attached hydrogens (tertiary/aromatic N) is 2. The highest BCUT2D eigenvalue weighted by Crippen LogP contribution is 2.05. The van der Waals surface area contributed by atoms with Gasteiger partial charge in [0, 0.05) is 39.8 Å². The van der Waals surface area contributed by atoms with Crippen molar-refractivity contribution in [1.82, 2.24) is 25.8 Å².